The number of sulfonamides is 1. The quantitative estimate of drug-likeness (QED) is 0.691. The maximum atomic E-state index is 13.4. The molecule has 0 radical (unpaired) electrons. The van der Waals surface area contributed by atoms with E-state index in [1.807, 2.05) is 0 Å². The number of carbonyl (C=O) groups excluding carboxylic acids is 1. The van der Waals surface area contributed by atoms with Crippen LogP contribution >= 0.6 is 0 Å². The molecule has 1 aliphatic heterocycles. The average Bonchev–Trinajstić information content (AvgIpc) is 2.71. The van der Waals surface area contributed by atoms with Gasteiger partial charge in [0.05, 0.1) is 23.7 Å². The Morgan fingerprint density at radius 2 is 1.73 bits per heavy atom. The lowest BCUT2D eigenvalue weighted by Crippen LogP contribution is -2.40. The number of benzene rings is 2. The average molecular weight is 444 g/mol. The summed E-state index contributed by atoms with van der Waals surface area (Å²) < 4.78 is 72.0. The highest BCUT2D eigenvalue weighted by molar-refractivity contribution is 7.89. The Kier molecular flexibility index (Phi) is 6.34. The summed E-state index contributed by atoms with van der Waals surface area (Å²) in [6.45, 7) is 0.260. The first-order chi connectivity index (χ1) is 14.1. The van der Waals surface area contributed by atoms with Crippen molar-refractivity contribution in [1.29, 1.82) is 0 Å². The van der Waals surface area contributed by atoms with Gasteiger partial charge in [-0.15, -0.1) is 0 Å². The number of hydrogen-bond donors (Lipinski definition) is 2. The second-order valence-electron chi connectivity index (χ2n) is 6.71. The molecule has 2 aromatic rings. The van der Waals surface area contributed by atoms with E-state index in [0.29, 0.717) is 25.0 Å². The molecule has 2 aromatic carbocycles. The Balaban J connectivity index is 1.92. The van der Waals surface area contributed by atoms with E-state index in [2.05, 4.69) is 5.32 Å². The Labute approximate surface area is 171 Å². The number of piperidine rings is 1. The zero-order chi connectivity index (χ0) is 22.1. The predicted molar refractivity (Wildman–Crippen MR) is 101 cm³/mol. The van der Waals surface area contributed by atoms with Crippen LogP contribution < -0.4 is 10.1 Å². The van der Waals surface area contributed by atoms with Gasteiger partial charge in [-0.1, -0.05) is 0 Å². The molecule has 0 aromatic heterocycles. The number of methoxy groups -OCH3 is 1. The number of hydrogen-bond acceptors (Lipinski definition) is 5. The van der Waals surface area contributed by atoms with E-state index in [-0.39, 0.29) is 35.0 Å². The molecule has 0 aliphatic carbocycles. The van der Waals surface area contributed by atoms with Crippen molar-refractivity contribution in [2.24, 2.45) is 0 Å². The molecule has 0 atom stereocenters. The van der Waals surface area contributed by atoms with E-state index in [1.54, 1.807) is 0 Å². The van der Waals surface area contributed by atoms with E-state index in [0.717, 1.165) is 6.07 Å². The van der Waals surface area contributed by atoms with Gasteiger partial charge < -0.3 is 15.2 Å². The van der Waals surface area contributed by atoms with Gasteiger partial charge in [0.25, 0.3) is 5.91 Å². The predicted octanol–water partition coefficient (Wildman–Crippen LogP) is 2.51. The van der Waals surface area contributed by atoms with E-state index < -0.39 is 39.5 Å². The number of rotatable bonds is 5. The van der Waals surface area contributed by atoms with Gasteiger partial charge in [-0.2, -0.15) is 4.31 Å². The van der Waals surface area contributed by atoms with E-state index in [9.17, 15) is 31.5 Å². The molecule has 30 heavy (non-hydrogen) atoms. The second kappa shape index (κ2) is 8.62. The van der Waals surface area contributed by atoms with Gasteiger partial charge >= 0.3 is 0 Å². The van der Waals surface area contributed by atoms with Gasteiger partial charge in [0.2, 0.25) is 10.0 Å². The van der Waals surface area contributed by atoms with Crippen LogP contribution in [0.25, 0.3) is 0 Å². The minimum atomic E-state index is -3.94. The number of aliphatic hydroxyl groups is 1. The fraction of sp³-hybridized carbons (Fsp3) is 0.316. The minimum absolute atomic E-state index is 0.0311. The molecule has 3 rings (SSSR count). The summed E-state index contributed by atoms with van der Waals surface area (Å²) in [4.78, 5) is 12.4. The molecule has 1 saturated heterocycles. The molecule has 0 bridgehead atoms. The molecule has 162 valence electrons. The van der Waals surface area contributed by atoms with Gasteiger partial charge in [0.1, 0.15) is 5.75 Å². The Bertz CT molecular complexity index is 1050. The molecule has 1 amide bonds. The topological polar surface area (TPSA) is 95.9 Å². The molecule has 7 nitrogen and oxygen atoms in total. The van der Waals surface area contributed by atoms with Crippen LogP contribution in [-0.2, 0) is 10.0 Å². The standard InChI is InChI=1S/C19H19F3N2O5S/c1-29-17-3-2-13(30(27,28)24-6-4-12(25)5-7-24)10-14(17)19(26)23-11-8-15(20)18(22)16(21)9-11/h2-3,8-10,12,25H,4-7H2,1H3,(H,23,26). The molecule has 0 saturated carbocycles. The molecular formula is C19H19F3N2O5S. The van der Waals surface area contributed by atoms with E-state index in [4.69, 9.17) is 4.74 Å². The molecule has 11 heteroatoms. The highest BCUT2D eigenvalue weighted by Crippen LogP contribution is 2.27. The van der Waals surface area contributed by atoms with Crippen molar-refractivity contribution in [3.63, 3.8) is 0 Å². The lowest BCUT2D eigenvalue weighted by atomic mass is 10.1. The smallest absolute Gasteiger partial charge is 0.259 e. The van der Waals surface area contributed by atoms with E-state index in [1.165, 1.54) is 23.5 Å². The highest BCUT2D eigenvalue weighted by Gasteiger charge is 2.30. The summed E-state index contributed by atoms with van der Waals surface area (Å²) in [5.74, 6) is -5.51. The van der Waals surface area contributed by atoms with Crippen LogP contribution in [0.5, 0.6) is 5.75 Å². The highest BCUT2D eigenvalue weighted by atomic mass is 32.2. The third-order valence-corrected chi connectivity index (χ3v) is 6.61. The number of nitrogens with one attached hydrogen (secondary N) is 1. The zero-order valence-electron chi connectivity index (χ0n) is 15.9. The van der Waals surface area contributed by atoms with Crippen molar-refractivity contribution >= 4 is 21.6 Å². The molecule has 1 fully saturated rings. The maximum absolute atomic E-state index is 13.4. The zero-order valence-corrected chi connectivity index (χ0v) is 16.7. The monoisotopic (exact) mass is 444 g/mol. The van der Waals surface area contributed by atoms with Crippen LogP contribution in [0.4, 0.5) is 18.9 Å². The molecule has 0 unspecified atom stereocenters. The van der Waals surface area contributed by atoms with E-state index >= 15 is 0 Å². The summed E-state index contributed by atoms with van der Waals surface area (Å²) in [6, 6.07) is 4.84. The van der Waals surface area contributed by atoms with Crippen molar-refractivity contribution in [1.82, 2.24) is 4.31 Å². The summed E-state index contributed by atoms with van der Waals surface area (Å²) >= 11 is 0. The number of aliphatic hydroxyl groups excluding tert-OH is 1. The second-order valence-corrected chi connectivity index (χ2v) is 8.64. The Morgan fingerprint density at radius 3 is 2.30 bits per heavy atom. The summed E-state index contributed by atoms with van der Waals surface area (Å²) in [5.41, 5.74) is -0.544. The third kappa shape index (κ3) is 4.42. The largest absolute Gasteiger partial charge is 0.496 e. The molecule has 0 spiro atoms. The Morgan fingerprint density at radius 1 is 1.13 bits per heavy atom. The summed E-state index contributed by atoms with van der Waals surface area (Å²) in [5, 5.41) is 11.8. The number of carbonyl (C=O) groups is 1. The number of amides is 1. The van der Waals surface area contributed by atoms with Gasteiger partial charge in [-0.3, -0.25) is 4.79 Å². The molecular weight excluding hydrogens is 425 g/mol. The first-order valence-corrected chi connectivity index (χ1v) is 10.4. The number of anilines is 1. The lowest BCUT2D eigenvalue weighted by Gasteiger charge is -2.28. The SMILES string of the molecule is COc1ccc(S(=O)(=O)N2CCC(O)CC2)cc1C(=O)Nc1cc(F)c(F)c(F)c1. The van der Waals surface area contributed by atoms with Crippen LogP contribution in [0.2, 0.25) is 0 Å². The Hall–Kier alpha value is -2.63. The van der Waals surface area contributed by atoms with Crippen molar-refractivity contribution in [3.05, 3.63) is 53.3 Å². The van der Waals surface area contributed by atoms with Gasteiger partial charge in [0, 0.05) is 30.9 Å². The molecule has 1 heterocycles. The van der Waals surface area contributed by atoms with Crippen LogP contribution in [0.15, 0.2) is 35.2 Å². The van der Waals surface area contributed by atoms with Crippen molar-refractivity contribution in [2.75, 3.05) is 25.5 Å². The van der Waals surface area contributed by atoms with Crippen LogP contribution in [-0.4, -0.2) is 50.0 Å². The van der Waals surface area contributed by atoms with Crippen molar-refractivity contribution in [3.8, 4) is 5.75 Å². The maximum Gasteiger partial charge on any atom is 0.259 e. The first-order valence-electron chi connectivity index (χ1n) is 8.95. The normalized spacial score (nSPS) is 15.8. The third-order valence-electron chi connectivity index (χ3n) is 4.72. The molecule has 1 aliphatic rings. The lowest BCUT2D eigenvalue weighted by molar-refractivity contribution is 0.102. The van der Waals surface area contributed by atoms with Crippen LogP contribution in [0.3, 0.4) is 0 Å². The van der Waals surface area contributed by atoms with Crippen LogP contribution in [0, 0.1) is 17.5 Å². The minimum Gasteiger partial charge on any atom is -0.496 e. The fourth-order valence-corrected chi connectivity index (χ4v) is 4.58. The van der Waals surface area contributed by atoms with Crippen molar-refractivity contribution in [2.45, 2.75) is 23.8 Å². The number of nitrogens with zero attached hydrogens (tertiary/aromatic N) is 1. The van der Waals surface area contributed by atoms with Gasteiger partial charge in [-0.25, -0.2) is 21.6 Å². The number of ether oxygens (including phenoxy) is 1. The summed E-state index contributed by atoms with van der Waals surface area (Å²) in [7, 11) is -2.67. The van der Waals surface area contributed by atoms with Gasteiger partial charge in [0.15, 0.2) is 17.5 Å². The van der Waals surface area contributed by atoms with Gasteiger partial charge in [-0.05, 0) is 31.0 Å². The molecule has 2 N–H and O–H groups in total. The van der Waals surface area contributed by atoms with Crippen LogP contribution in [0.1, 0.15) is 23.2 Å². The first kappa shape index (κ1) is 22.1. The summed E-state index contributed by atoms with van der Waals surface area (Å²) in [6.07, 6.45) is 0.0274. The van der Waals surface area contributed by atoms with Crippen molar-refractivity contribution < 1.29 is 36.2 Å². The number of halogens is 3. The fourth-order valence-electron chi connectivity index (χ4n) is 3.08.